The van der Waals surface area contributed by atoms with Crippen LogP contribution >= 0.6 is 11.6 Å². The van der Waals surface area contributed by atoms with Crippen molar-refractivity contribution >= 4 is 22.6 Å². The first-order chi connectivity index (χ1) is 9.71. The fourth-order valence-corrected chi connectivity index (χ4v) is 2.42. The van der Waals surface area contributed by atoms with Crippen molar-refractivity contribution in [2.75, 3.05) is 20.8 Å². The number of hydrogen-bond donors (Lipinski definition) is 1. The van der Waals surface area contributed by atoms with Crippen LogP contribution in [0.15, 0.2) is 28.7 Å². The van der Waals surface area contributed by atoms with E-state index in [9.17, 15) is 0 Å². The van der Waals surface area contributed by atoms with Crippen LogP contribution in [0.1, 0.15) is 25.1 Å². The molecule has 1 heterocycles. The molecule has 0 amide bonds. The molecule has 0 fully saturated rings. The lowest BCUT2D eigenvalue weighted by atomic mass is 10.2. The summed E-state index contributed by atoms with van der Waals surface area (Å²) < 4.78 is 16.6. The van der Waals surface area contributed by atoms with Crippen molar-refractivity contribution in [3.05, 3.63) is 35.0 Å². The summed E-state index contributed by atoms with van der Waals surface area (Å²) in [5.74, 6) is 0.759. The number of para-hydroxylation sites is 1. The molecule has 2 rings (SSSR count). The van der Waals surface area contributed by atoms with Gasteiger partial charge in [-0.2, -0.15) is 0 Å². The zero-order valence-corrected chi connectivity index (χ0v) is 12.7. The van der Waals surface area contributed by atoms with Gasteiger partial charge in [0.2, 0.25) is 0 Å². The molecule has 2 aromatic rings. The summed E-state index contributed by atoms with van der Waals surface area (Å²) >= 11 is 6.15. The average molecular weight is 298 g/mol. The van der Waals surface area contributed by atoms with Gasteiger partial charge in [-0.15, -0.1) is 0 Å². The highest BCUT2D eigenvalue weighted by atomic mass is 35.5. The Morgan fingerprint density at radius 2 is 2.05 bits per heavy atom. The Hall–Kier alpha value is -1.07. The zero-order valence-electron chi connectivity index (χ0n) is 12.0. The Labute approximate surface area is 124 Å². The van der Waals surface area contributed by atoms with Crippen molar-refractivity contribution < 1.29 is 13.9 Å². The number of halogens is 1. The molecule has 1 N–H and O–H groups in total. The number of fused-ring (bicyclic) bond motifs is 1. The maximum atomic E-state index is 6.15. The van der Waals surface area contributed by atoms with Crippen LogP contribution in [0.3, 0.4) is 0 Å². The van der Waals surface area contributed by atoms with Gasteiger partial charge in [-0.3, -0.25) is 0 Å². The summed E-state index contributed by atoms with van der Waals surface area (Å²) in [6.07, 6.45) is 0.596. The molecule has 1 aromatic carbocycles. The Bertz CT molecular complexity index is 551. The van der Waals surface area contributed by atoms with Crippen molar-refractivity contribution in [2.24, 2.45) is 0 Å². The molecule has 0 spiro atoms. The molecule has 0 saturated carbocycles. The molecule has 0 radical (unpaired) electrons. The summed E-state index contributed by atoms with van der Waals surface area (Å²) in [4.78, 5) is 0. The van der Waals surface area contributed by atoms with E-state index in [1.807, 2.05) is 24.3 Å². The van der Waals surface area contributed by atoms with E-state index in [2.05, 4.69) is 12.2 Å². The number of ether oxygens (including phenoxy) is 2. The van der Waals surface area contributed by atoms with E-state index < -0.39 is 6.29 Å². The average Bonchev–Trinajstić information content (AvgIpc) is 2.88. The normalized spacial score (nSPS) is 13.2. The van der Waals surface area contributed by atoms with Crippen LogP contribution in [0.5, 0.6) is 0 Å². The van der Waals surface area contributed by atoms with Crippen LogP contribution < -0.4 is 5.32 Å². The van der Waals surface area contributed by atoms with E-state index in [0.717, 1.165) is 24.1 Å². The SMILES string of the molecule is CCCNC(c1cc2cccc(Cl)c2o1)C(OC)OC. The van der Waals surface area contributed by atoms with Gasteiger partial charge < -0.3 is 19.2 Å². The van der Waals surface area contributed by atoms with Crippen LogP contribution in [-0.2, 0) is 9.47 Å². The second-order valence-corrected chi connectivity index (χ2v) is 4.99. The largest absolute Gasteiger partial charge is 0.458 e. The van der Waals surface area contributed by atoms with E-state index >= 15 is 0 Å². The van der Waals surface area contributed by atoms with Crippen molar-refractivity contribution in [2.45, 2.75) is 25.7 Å². The van der Waals surface area contributed by atoms with Gasteiger partial charge in [0, 0.05) is 19.6 Å². The fourth-order valence-electron chi connectivity index (χ4n) is 2.20. The van der Waals surface area contributed by atoms with E-state index in [-0.39, 0.29) is 6.04 Å². The quantitative estimate of drug-likeness (QED) is 0.791. The minimum Gasteiger partial charge on any atom is -0.458 e. The van der Waals surface area contributed by atoms with E-state index in [1.54, 1.807) is 14.2 Å². The fraction of sp³-hybridized carbons (Fsp3) is 0.467. The van der Waals surface area contributed by atoms with Crippen LogP contribution in [0.25, 0.3) is 11.0 Å². The number of benzene rings is 1. The highest BCUT2D eigenvalue weighted by Crippen LogP contribution is 2.31. The zero-order chi connectivity index (χ0) is 14.5. The predicted molar refractivity (Wildman–Crippen MR) is 80.1 cm³/mol. The summed E-state index contributed by atoms with van der Waals surface area (Å²) in [6.45, 7) is 2.95. The van der Waals surface area contributed by atoms with Gasteiger partial charge in [0.1, 0.15) is 11.8 Å². The molecule has 0 bridgehead atoms. The van der Waals surface area contributed by atoms with Crippen LogP contribution in [0, 0.1) is 0 Å². The van der Waals surface area contributed by atoms with Gasteiger partial charge in [0.15, 0.2) is 11.9 Å². The van der Waals surface area contributed by atoms with Gasteiger partial charge in [-0.1, -0.05) is 30.7 Å². The highest BCUT2D eigenvalue weighted by molar-refractivity contribution is 6.34. The van der Waals surface area contributed by atoms with Gasteiger partial charge in [-0.05, 0) is 25.1 Å². The summed E-state index contributed by atoms with van der Waals surface area (Å²) in [5, 5.41) is 4.96. The molecule has 0 aliphatic carbocycles. The molecule has 0 aliphatic heterocycles. The van der Waals surface area contributed by atoms with Crippen molar-refractivity contribution in [3.8, 4) is 0 Å². The molecule has 0 saturated heterocycles. The molecule has 1 aromatic heterocycles. The third-order valence-corrected chi connectivity index (χ3v) is 3.47. The maximum absolute atomic E-state index is 6.15. The van der Waals surface area contributed by atoms with Gasteiger partial charge in [0.25, 0.3) is 0 Å². The molecule has 4 nitrogen and oxygen atoms in total. The van der Waals surface area contributed by atoms with Crippen molar-refractivity contribution in [3.63, 3.8) is 0 Å². The molecule has 20 heavy (non-hydrogen) atoms. The maximum Gasteiger partial charge on any atom is 0.179 e. The molecule has 110 valence electrons. The Balaban J connectivity index is 2.36. The minimum absolute atomic E-state index is 0.173. The first-order valence-electron chi connectivity index (χ1n) is 6.68. The van der Waals surface area contributed by atoms with Gasteiger partial charge in [0.05, 0.1) is 5.02 Å². The van der Waals surface area contributed by atoms with Gasteiger partial charge >= 0.3 is 0 Å². The van der Waals surface area contributed by atoms with Crippen molar-refractivity contribution in [1.29, 1.82) is 0 Å². The number of nitrogens with one attached hydrogen (secondary N) is 1. The molecule has 0 aliphatic rings. The van der Waals surface area contributed by atoms with E-state index in [0.29, 0.717) is 10.6 Å². The summed E-state index contributed by atoms with van der Waals surface area (Å²) in [5.41, 5.74) is 0.693. The lowest BCUT2D eigenvalue weighted by Gasteiger charge is -2.23. The summed E-state index contributed by atoms with van der Waals surface area (Å²) in [7, 11) is 3.23. The predicted octanol–water partition coefficient (Wildman–Crippen LogP) is 3.75. The molecule has 5 heteroatoms. The first-order valence-corrected chi connectivity index (χ1v) is 7.06. The number of furan rings is 1. The highest BCUT2D eigenvalue weighted by Gasteiger charge is 2.26. The van der Waals surface area contributed by atoms with Crippen LogP contribution in [0.2, 0.25) is 5.02 Å². The Kier molecular flexibility index (Phi) is 5.43. The van der Waals surface area contributed by atoms with E-state index in [4.69, 9.17) is 25.5 Å². The third kappa shape index (κ3) is 3.15. The molecular weight excluding hydrogens is 278 g/mol. The molecule has 1 atom stereocenters. The molecular formula is C15H20ClNO3. The standard InChI is InChI=1S/C15H20ClNO3/c1-4-8-17-13(15(18-2)19-3)12-9-10-6-5-7-11(16)14(10)20-12/h5-7,9,13,15,17H,4,8H2,1-3H3. The minimum atomic E-state index is -0.416. The number of hydrogen-bond acceptors (Lipinski definition) is 4. The smallest absolute Gasteiger partial charge is 0.179 e. The first kappa shape index (κ1) is 15.3. The Morgan fingerprint density at radius 1 is 1.30 bits per heavy atom. The lowest BCUT2D eigenvalue weighted by molar-refractivity contribution is -0.127. The van der Waals surface area contributed by atoms with Gasteiger partial charge in [-0.25, -0.2) is 0 Å². The topological polar surface area (TPSA) is 43.6 Å². The second-order valence-electron chi connectivity index (χ2n) is 4.58. The third-order valence-electron chi connectivity index (χ3n) is 3.17. The van der Waals surface area contributed by atoms with Crippen molar-refractivity contribution in [1.82, 2.24) is 5.32 Å². The summed E-state index contributed by atoms with van der Waals surface area (Å²) in [6, 6.07) is 7.49. The number of methoxy groups -OCH3 is 2. The van der Waals surface area contributed by atoms with Crippen LogP contribution in [-0.4, -0.2) is 27.1 Å². The molecule has 1 unspecified atom stereocenters. The number of rotatable bonds is 7. The monoisotopic (exact) mass is 297 g/mol. The lowest BCUT2D eigenvalue weighted by Crippen LogP contribution is -2.34. The van der Waals surface area contributed by atoms with E-state index in [1.165, 1.54) is 0 Å². The van der Waals surface area contributed by atoms with Crippen LogP contribution in [0.4, 0.5) is 0 Å². The Morgan fingerprint density at radius 3 is 2.65 bits per heavy atom. The second kappa shape index (κ2) is 7.09.